The van der Waals surface area contributed by atoms with E-state index in [-0.39, 0.29) is 5.91 Å². The number of nitrogens with one attached hydrogen (secondary N) is 2. The molecule has 1 fully saturated rings. The summed E-state index contributed by atoms with van der Waals surface area (Å²) in [5, 5.41) is 7.59. The lowest BCUT2D eigenvalue weighted by molar-refractivity contribution is -0.122. The van der Waals surface area contributed by atoms with Crippen molar-refractivity contribution in [1.29, 1.82) is 0 Å². The van der Waals surface area contributed by atoms with E-state index >= 15 is 0 Å². The number of amides is 1. The number of para-hydroxylation sites is 1. The molecular weight excluding hydrogens is 238 g/mol. The molecular formula is C15H17N3O. The molecule has 2 aromatic rings. The minimum Gasteiger partial charge on any atom is -0.355 e. The van der Waals surface area contributed by atoms with E-state index in [9.17, 15) is 4.79 Å². The SMILES string of the molecule is O=C1CCC(NCc2ccnc3ccccc23)CN1. The smallest absolute Gasteiger partial charge is 0.220 e. The Morgan fingerprint density at radius 3 is 3.05 bits per heavy atom. The Morgan fingerprint density at radius 2 is 2.21 bits per heavy atom. The summed E-state index contributed by atoms with van der Waals surface area (Å²) in [7, 11) is 0. The van der Waals surface area contributed by atoms with Crippen molar-refractivity contribution in [3.05, 3.63) is 42.1 Å². The van der Waals surface area contributed by atoms with E-state index in [0.29, 0.717) is 12.5 Å². The zero-order valence-corrected chi connectivity index (χ0v) is 10.7. The van der Waals surface area contributed by atoms with Crippen LogP contribution in [-0.2, 0) is 11.3 Å². The highest BCUT2D eigenvalue weighted by atomic mass is 16.1. The fourth-order valence-corrected chi connectivity index (χ4v) is 2.47. The summed E-state index contributed by atoms with van der Waals surface area (Å²) in [6, 6.07) is 10.6. The maximum absolute atomic E-state index is 11.1. The van der Waals surface area contributed by atoms with Crippen molar-refractivity contribution in [3.63, 3.8) is 0 Å². The monoisotopic (exact) mass is 255 g/mol. The van der Waals surface area contributed by atoms with Crippen molar-refractivity contribution in [3.8, 4) is 0 Å². The van der Waals surface area contributed by atoms with Gasteiger partial charge in [0, 0.05) is 37.1 Å². The zero-order chi connectivity index (χ0) is 13.1. The minimum absolute atomic E-state index is 0.160. The van der Waals surface area contributed by atoms with Gasteiger partial charge in [0.1, 0.15) is 0 Å². The number of aromatic nitrogens is 1. The molecule has 98 valence electrons. The molecule has 4 heteroatoms. The molecule has 0 spiro atoms. The van der Waals surface area contributed by atoms with E-state index in [4.69, 9.17) is 0 Å². The van der Waals surface area contributed by atoms with Gasteiger partial charge in [-0.25, -0.2) is 0 Å². The van der Waals surface area contributed by atoms with E-state index in [1.165, 1.54) is 10.9 Å². The summed E-state index contributed by atoms with van der Waals surface area (Å²) in [6.07, 6.45) is 3.38. The van der Waals surface area contributed by atoms with Gasteiger partial charge in [-0.05, 0) is 24.1 Å². The highest BCUT2D eigenvalue weighted by Gasteiger charge is 2.17. The van der Waals surface area contributed by atoms with Crippen LogP contribution in [0.1, 0.15) is 18.4 Å². The number of carbonyl (C=O) groups is 1. The van der Waals surface area contributed by atoms with Crippen molar-refractivity contribution in [2.45, 2.75) is 25.4 Å². The molecule has 1 unspecified atom stereocenters. The van der Waals surface area contributed by atoms with E-state index < -0.39 is 0 Å². The van der Waals surface area contributed by atoms with Crippen LogP contribution in [0.4, 0.5) is 0 Å². The lowest BCUT2D eigenvalue weighted by Crippen LogP contribution is -2.45. The van der Waals surface area contributed by atoms with Gasteiger partial charge in [-0.2, -0.15) is 0 Å². The first-order valence-electron chi connectivity index (χ1n) is 6.65. The Hall–Kier alpha value is -1.94. The van der Waals surface area contributed by atoms with Crippen molar-refractivity contribution in [1.82, 2.24) is 15.6 Å². The number of rotatable bonds is 3. The number of fused-ring (bicyclic) bond motifs is 1. The van der Waals surface area contributed by atoms with Crippen LogP contribution in [0.3, 0.4) is 0 Å². The molecule has 2 heterocycles. The summed E-state index contributed by atoms with van der Waals surface area (Å²) in [6.45, 7) is 1.53. The molecule has 0 bridgehead atoms. The second-order valence-corrected chi connectivity index (χ2v) is 4.91. The van der Waals surface area contributed by atoms with Crippen LogP contribution in [0.25, 0.3) is 10.9 Å². The van der Waals surface area contributed by atoms with Gasteiger partial charge >= 0.3 is 0 Å². The van der Waals surface area contributed by atoms with Crippen LogP contribution in [-0.4, -0.2) is 23.5 Å². The average Bonchev–Trinajstić information content (AvgIpc) is 2.47. The first kappa shape index (κ1) is 12.1. The quantitative estimate of drug-likeness (QED) is 0.876. The van der Waals surface area contributed by atoms with Gasteiger partial charge in [0.05, 0.1) is 5.52 Å². The van der Waals surface area contributed by atoms with Gasteiger partial charge in [0.15, 0.2) is 0 Å². The van der Waals surface area contributed by atoms with E-state index in [1.807, 2.05) is 24.4 Å². The van der Waals surface area contributed by atoms with Crippen LogP contribution in [0.5, 0.6) is 0 Å². The maximum atomic E-state index is 11.1. The maximum Gasteiger partial charge on any atom is 0.220 e. The molecule has 1 aromatic carbocycles. The Morgan fingerprint density at radius 1 is 1.32 bits per heavy atom. The summed E-state index contributed by atoms with van der Waals surface area (Å²) < 4.78 is 0. The molecule has 2 N–H and O–H groups in total. The molecule has 3 rings (SSSR count). The Labute approximate surface area is 112 Å². The second-order valence-electron chi connectivity index (χ2n) is 4.91. The predicted molar refractivity (Wildman–Crippen MR) is 74.6 cm³/mol. The van der Waals surface area contributed by atoms with Crippen molar-refractivity contribution < 1.29 is 4.79 Å². The number of nitrogens with zero attached hydrogens (tertiary/aromatic N) is 1. The molecule has 1 aromatic heterocycles. The van der Waals surface area contributed by atoms with Crippen LogP contribution < -0.4 is 10.6 Å². The fraction of sp³-hybridized carbons (Fsp3) is 0.333. The molecule has 19 heavy (non-hydrogen) atoms. The highest BCUT2D eigenvalue weighted by molar-refractivity contribution is 5.81. The number of benzene rings is 1. The molecule has 1 aliphatic heterocycles. The van der Waals surface area contributed by atoms with Crippen LogP contribution >= 0.6 is 0 Å². The van der Waals surface area contributed by atoms with Gasteiger partial charge in [-0.15, -0.1) is 0 Å². The van der Waals surface area contributed by atoms with Gasteiger partial charge in [0.25, 0.3) is 0 Å². The van der Waals surface area contributed by atoms with Gasteiger partial charge < -0.3 is 10.6 Å². The molecule has 0 radical (unpaired) electrons. The van der Waals surface area contributed by atoms with Crippen LogP contribution in [0.15, 0.2) is 36.5 Å². The number of pyridine rings is 1. The van der Waals surface area contributed by atoms with Crippen LogP contribution in [0, 0.1) is 0 Å². The molecule has 0 aliphatic carbocycles. The first-order valence-corrected chi connectivity index (χ1v) is 6.65. The number of hydrogen-bond donors (Lipinski definition) is 2. The lowest BCUT2D eigenvalue weighted by Gasteiger charge is -2.23. The Kier molecular flexibility index (Phi) is 3.42. The summed E-state index contributed by atoms with van der Waals surface area (Å²) in [4.78, 5) is 15.5. The molecule has 1 saturated heterocycles. The predicted octanol–water partition coefficient (Wildman–Crippen LogP) is 1.60. The molecule has 4 nitrogen and oxygen atoms in total. The number of carbonyl (C=O) groups excluding carboxylic acids is 1. The minimum atomic E-state index is 0.160. The van der Waals surface area contributed by atoms with Gasteiger partial charge in [-0.3, -0.25) is 9.78 Å². The highest BCUT2D eigenvalue weighted by Crippen LogP contribution is 2.16. The third-order valence-corrected chi connectivity index (χ3v) is 3.59. The summed E-state index contributed by atoms with van der Waals surface area (Å²) in [5.74, 6) is 0.160. The Balaban J connectivity index is 1.70. The van der Waals surface area contributed by atoms with E-state index in [0.717, 1.165) is 25.0 Å². The zero-order valence-electron chi connectivity index (χ0n) is 10.7. The van der Waals surface area contributed by atoms with E-state index in [2.05, 4.69) is 27.8 Å². The molecule has 0 saturated carbocycles. The summed E-state index contributed by atoms with van der Waals surface area (Å²) in [5.41, 5.74) is 2.28. The van der Waals surface area contributed by atoms with Gasteiger partial charge in [-0.1, -0.05) is 18.2 Å². The average molecular weight is 255 g/mol. The number of piperidine rings is 1. The van der Waals surface area contributed by atoms with Crippen molar-refractivity contribution in [2.75, 3.05) is 6.54 Å². The third-order valence-electron chi connectivity index (χ3n) is 3.59. The molecule has 1 amide bonds. The fourth-order valence-electron chi connectivity index (χ4n) is 2.47. The van der Waals surface area contributed by atoms with Gasteiger partial charge in [0.2, 0.25) is 5.91 Å². The topological polar surface area (TPSA) is 54.0 Å². The molecule has 1 atom stereocenters. The van der Waals surface area contributed by atoms with Crippen molar-refractivity contribution in [2.24, 2.45) is 0 Å². The largest absolute Gasteiger partial charge is 0.355 e. The first-order chi connectivity index (χ1) is 9.33. The lowest BCUT2D eigenvalue weighted by atomic mass is 10.1. The normalized spacial score (nSPS) is 19.4. The van der Waals surface area contributed by atoms with Crippen molar-refractivity contribution >= 4 is 16.8 Å². The Bertz CT molecular complexity index is 581. The standard InChI is InChI=1S/C15H17N3O/c19-15-6-5-12(10-18-15)17-9-11-7-8-16-14-4-2-1-3-13(11)14/h1-4,7-8,12,17H,5-6,9-10H2,(H,18,19). The second kappa shape index (κ2) is 5.36. The van der Waals surface area contributed by atoms with Crippen LogP contribution in [0.2, 0.25) is 0 Å². The third kappa shape index (κ3) is 2.74. The molecule has 1 aliphatic rings. The number of hydrogen-bond acceptors (Lipinski definition) is 3. The summed E-state index contributed by atoms with van der Waals surface area (Å²) >= 11 is 0. The van der Waals surface area contributed by atoms with E-state index in [1.54, 1.807) is 0 Å².